The van der Waals surface area contributed by atoms with Crippen molar-refractivity contribution < 1.29 is 18.3 Å². The lowest BCUT2D eigenvalue weighted by Gasteiger charge is -2.13. The van der Waals surface area contributed by atoms with Gasteiger partial charge in [-0.2, -0.15) is 0 Å². The minimum absolute atomic E-state index is 0.129. The van der Waals surface area contributed by atoms with Gasteiger partial charge in [-0.3, -0.25) is 0 Å². The van der Waals surface area contributed by atoms with Gasteiger partial charge >= 0.3 is 0 Å². The number of ether oxygens (including phenoxy) is 2. The zero-order chi connectivity index (χ0) is 15.4. The van der Waals surface area contributed by atoms with Crippen LogP contribution in [0.15, 0.2) is 22.9 Å². The second-order valence-corrected chi connectivity index (χ2v) is 4.82. The number of anilines is 1. The van der Waals surface area contributed by atoms with Gasteiger partial charge in [0.15, 0.2) is 0 Å². The summed E-state index contributed by atoms with van der Waals surface area (Å²) in [5.74, 6) is -0.749. The van der Waals surface area contributed by atoms with Crippen molar-refractivity contribution in [2.75, 3.05) is 19.5 Å². The molecule has 1 aromatic heterocycles. The fourth-order valence-electron chi connectivity index (χ4n) is 1.77. The lowest BCUT2D eigenvalue weighted by Crippen LogP contribution is -2.08. The molecule has 0 atom stereocenters. The van der Waals surface area contributed by atoms with Gasteiger partial charge in [-0.1, -0.05) is 0 Å². The average Bonchev–Trinajstić information content (AvgIpc) is 2.45. The van der Waals surface area contributed by atoms with Crippen LogP contribution in [-0.2, 0) is 6.54 Å². The molecule has 112 valence electrons. The standard InChI is InChI=1S/C13H12BrF2N3O2/c1-20-12-8(13(21-2)19-6-18-12)5-17-11-9(14)3-7(15)4-10(11)16/h3-4,6,17H,5H2,1-2H3. The Morgan fingerprint density at radius 1 is 1.14 bits per heavy atom. The summed E-state index contributed by atoms with van der Waals surface area (Å²) >= 11 is 3.11. The van der Waals surface area contributed by atoms with E-state index in [9.17, 15) is 8.78 Å². The van der Waals surface area contributed by atoms with Gasteiger partial charge in [-0.05, 0) is 22.0 Å². The molecule has 8 heteroatoms. The number of halogens is 3. The van der Waals surface area contributed by atoms with Crippen molar-refractivity contribution in [2.24, 2.45) is 0 Å². The van der Waals surface area contributed by atoms with Gasteiger partial charge in [-0.15, -0.1) is 0 Å². The van der Waals surface area contributed by atoms with Crippen LogP contribution >= 0.6 is 15.9 Å². The summed E-state index contributed by atoms with van der Waals surface area (Å²) in [7, 11) is 2.92. The minimum Gasteiger partial charge on any atom is -0.481 e. The summed E-state index contributed by atoms with van der Waals surface area (Å²) in [6.07, 6.45) is 1.30. The number of methoxy groups -OCH3 is 2. The van der Waals surface area contributed by atoms with Gasteiger partial charge in [0.2, 0.25) is 11.8 Å². The van der Waals surface area contributed by atoms with E-state index in [1.54, 1.807) is 0 Å². The third kappa shape index (κ3) is 3.38. The SMILES string of the molecule is COc1ncnc(OC)c1CNc1c(F)cc(F)cc1Br. The van der Waals surface area contributed by atoms with Crippen molar-refractivity contribution in [1.82, 2.24) is 9.97 Å². The van der Waals surface area contributed by atoms with Crippen LogP contribution in [0.4, 0.5) is 14.5 Å². The molecule has 2 aromatic rings. The Hall–Kier alpha value is -1.96. The van der Waals surface area contributed by atoms with Gasteiger partial charge < -0.3 is 14.8 Å². The Bertz CT molecular complexity index is 610. The zero-order valence-electron chi connectivity index (χ0n) is 11.3. The van der Waals surface area contributed by atoms with Crippen molar-refractivity contribution in [1.29, 1.82) is 0 Å². The summed E-state index contributed by atoms with van der Waals surface area (Å²) in [4.78, 5) is 7.92. The van der Waals surface area contributed by atoms with E-state index in [1.807, 2.05) is 0 Å². The van der Waals surface area contributed by atoms with Crippen LogP contribution in [0.5, 0.6) is 11.8 Å². The van der Waals surface area contributed by atoms with Crippen molar-refractivity contribution in [3.8, 4) is 11.8 Å². The molecule has 1 aromatic carbocycles. The van der Waals surface area contributed by atoms with Gasteiger partial charge in [0.25, 0.3) is 0 Å². The lowest BCUT2D eigenvalue weighted by molar-refractivity contribution is 0.363. The first-order valence-electron chi connectivity index (χ1n) is 5.87. The Labute approximate surface area is 128 Å². The lowest BCUT2D eigenvalue weighted by atomic mass is 10.2. The van der Waals surface area contributed by atoms with Gasteiger partial charge in [-0.25, -0.2) is 18.7 Å². The number of nitrogens with zero attached hydrogens (tertiary/aromatic N) is 2. The molecule has 1 N–H and O–H groups in total. The molecule has 0 bridgehead atoms. The number of aromatic nitrogens is 2. The topological polar surface area (TPSA) is 56.3 Å². The minimum atomic E-state index is -0.711. The number of rotatable bonds is 5. The van der Waals surface area contributed by atoms with Crippen LogP contribution in [0.1, 0.15) is 5.56 Å². The van der Waals surface area contributed by atoms with Crippen LogP contribution < -0.4 is 14.8 Å². The highest BCUT2D eigenvalue weighted by Crippen LogP contribution is 2.29. The molecular formula is C13H12BrF2N3O2. The van der Waals surface area contributed by atoms with Crippen LogP contribution in [0.3, 0.4) is 0 Å². The van der Waals surface area contributed by atoms with E-state index in [1.165, 1.54) is 26.6 Å². The van der Waals surface area contributed by atoms with Crippen LogP contribution in [-0.4, -0.2) is 24.2 Å². The quantitative estimate of drug-likeness (QED) is 0.888. The van der Waals surface area contributed by atoms with Gasteiger partial charge in [0.05, 0.1) is 32.0 Å². The molecule has 21 heavy (non-hydrogen) atoms. The Morgan fingerprint density at radius 2 is 1.76 bits per heavy atom. The number of benzene rings is 1. The number of hydrogen-bond donors (Lipinski definition) is 1. The van der Waals surface area contributed by atoms with E-state index in [2.05, 4.69) is 31.2 Å². The van der Waals surface area contributed by atoms with E-state index in [4.69, 9.17) is 9.47 Å². The van der Waals surface area contributed by atoms with E-state index in [-0.39, 0.29) is 16.7 Å². The summed E-state index contributed by atoms with van der Waals surface area (Å²) < 4.78 is 37.3. The Kier molecular flexibility index (Phi) is 4.89. The molecule has 0 saturated heterocycles. The van der Waals surface area contributed by atoms with Crippen LogP contribution in [0.25, 0.3) is 0 Å². The van der Waals surface area contributed by atoms with Crippen LogP contribution in [0.2, 0.25) is 0 Å². The van der Waals surface area contributed by atoms with Crippen molar-refractivity contribution >= 4 is 21.6 Å². The molecule has 0 aliphatic rings. The maximum absolute atomic E-state index is 13.8. The first-order valence-corrected chi connectivity index (χ1v) is 6.66. The van der Waals surface area contributed by atoms with Crippen molar-refractivity contribution in [2.45, 2.75) is 6.54 Å². The van der Waals surface area contributed by atoms with E-state index < -0.39 is 11.6 Å². The predicted octanol–water partition coefficient (Wildman–Crippen LogP) is 3.15. The van der Waals surface area contributed by atoms with Gasteiger partial charge in [0.1, 0.15) is 18.0 Å². The number of nitrogens with one attached hydrogen (secondary N) is 1. The highest BCUT2D eigenvalue weighted by molar-refractivity contribution is 9.10. The number of hydrogen-bond acceptors (Lipinski definition) is 5. The van der Waals surface area contributed by atoms with Crippen molar-refractivity contribution in [3.05, 3.63) is 40.1 Å². The second-order valence-electron chi connectivity index (χ2n) is 3.97. The summed E-state index contributed by atoms with van der Waals surface area (Å²) in [6, 6.07) is 1.96. The first kappa shape index (κ1) is 15.4. The average molecular weight is 360 g/mol. The third-order valence-electron chi connectivity index (χ3n) is 2.70. The molecule has 0 fully saturated rings. The molecule has 0 aliphatic heterocycles. The highest BCUT2D eigenvalue weighted by Gasteiger charge is 2.15. The molecular weight excluding hydrogens is 348 g/mol. The smallest absolute Gasteiger partial charge is 0.225 e. The van der Waals surface area contributed by atoms with Crippen molar-refractivity contribution in [3.63, 3.8) is 0 Å². The monoisotopic (exact) mass is 359 g/mol. The third-order valence-corrected chi connectivity index (χ3v) is 3.33. The predicted molar refractivity (Wildman–Crippen MR) is 76.5 cm³/mol. The normalized spacial score (nSPS) is 10.3. The molecule has 1 heterocycles. The highest BCUT2D eigenvalue weighted by atomic mass is 79.9. The largest absolute Gasteiger partial charge is 0.481 e. The molecule has 0 aliphatic carbocycles. The maximum Gasteiger partial charge on any atom is 0.225 e. The Morgan fingerprint density at radius 3 is 2.29 bits per heavy atom. The Balaban J connectivity index is 2.28. The van der Waals surface area contributed by atoms with Gasteiger partial charge in [0, 0.05) is 10.5 Å². The van der Waals surface area contributed by atoms with E-state index in [0.717, 1.165) is 6.07 Å². The molecule has 2 rings (SSSR count). The molecule has 5 nitrogen and oxygen atoms in total. The molecule has 0 radical (unpaired) electrons. The summed E-state index contributed by atoms with van der Waals surface area (Å²) in [6.45, 7) is 0.147. The molecule has 0 amide bonds. The maximum atomic E-state index is 13.8. The second kappa shape index (κ2) is 6.66. The zero-order valence-corrected chi connectivity index (χ0v) is 12.9. The first-order chi connectivity index (χ1) is 10.1. The molecule has 0 saturated carbocycles. The van der Waals surface area contributed by atoms with E-state index >= 15 is 0 Å². The fraction of sp³-hybridized carbons (Fsp3) is 0.231. The van der Waals surface area contributed by atoms with E-state index in [0.29, 0.717) is 17.3 Å². The summed E-state index contributed by atoms with van der Waals surface area (Å²) in [5.41, 5.74) is 0.655. The molecule has 0 unspecified atom stereocenters. The summed E-state index contributed by atoms with van der Waals surface area (Å²) in [5, 5.41) is 2.85. The van der Waals surface area contributed by atoms with Crippen LogP contribution in [0, 0.1) is 11.6 Å². The fourth-order valence-corrected chi connectivity index (χ4v) is 2.32. The molecule has 0 spiro atoms.